The maximum absolute atomic E-state index is 11.9. The number of Topliss-reactive ketones (excluding diaryl/α,β-unsaturated/α-hetero) is 1. The van der Waals surface area contributed by atoms with E-state index in [1.54, 1.807) is 24.3 Å². The number of piperidine rings is 1. The quantitative estimate of drug-likeness (QED) is 0.613. The Morgan fingerprint density at radius 2 is 1.71 bits per heavy atom. The summed E-state index contributed by atoms with van der Waals surface area (Å²) in [4.78, 5) is 40.0. The average Bonchev–Trinajstić information content (AvgIpc) is 2.55. The Balaban J connectivity index is 1.83. The van der Waals surface area contributed by atoms with Gasteiger partial charge < -0.3 is 9.57 Å². The van der Waals surface area contributed by atoms with Crippen molar-refractivity contribution in [3.05, 3.63) is 35.9 Å². The van der Waals surface area contributed by atoms with Crippen LogP contribution in [0.1, 0.15) is 23.2 Å². The molecule has 1 aromatic rings. The number of ketones is 1. The molecule has 6 heteroatoms. The van der Waals surface area contributed by atoms with Crippen LogP contribution in [0.2, 0.25) is 0 Å². The van der Waals surface area contributed by atoms with Crippen molar-refractivity contribution in [2.24, 2.45) is 5.92 Å². The molecule has 1 saturated heterocycles. The van der Waals surface area contributed by atoms with Gasteiger partial charge in [-0.25, -0.2) is 9.59 Å². The molecule has 0 aromatic heterocycles. The van der Waals surface area contributed by atoms with Gasteiger partial charge in [0.05, 0.1) is 12.7 Å². The molecule has 0 amide bonds. The fourth-order valence-corrected chi connectivity index (χ4v) is 2.22. The molecule has 1 heterocycles. The van der Waals surface area contributed by atoms with Gasteiger partial charge in [0.1, 0.15) is 0 Å². The molecule has 0 unspecified atom stereocenters. The van der Waals surface area contributed by atoms with E-state index in [0.29, 0.717) is 31.5 Å². The highest BCUT2D eigenvalue weighted by Crippen LogP contribution is 2.19. The van der Waals surface area contributed by atoms with Crippen LogP contribution in [-0.2, 0) is 19.2 Å². The lowest BCUT2D eigenvalue weighted by atomic mass is 9.93. The molecule has 21 heavy (non-hydrogen) atoms. The highest BCUT2D eigenvalue weighted by atomic mass is 16.7. The summed E-state index contributed by atoms with van der Waals surface area (Å²) in [5.41, 5.74) is 0.477. The van der Waals surface area contributed by atoms with E-state index in [9.17, 15) is 14.4 Å². The highest BCUT2D eigenvalue weighted by molar-refractivity contribution is 6.34. The van der Waals surface area contributed by atoms with Gasteiger partial charge >= 0.3 is 11.9 Å². The number of nitrogens with zero attached hydrogens (tertiary/aromatic N) is 1. The summed E-state index contributed by atoms with van der Waals surface area (Å²) in [6.07, 6.45) is 0.937. The Labute approximate surface area is 122 Å². The van der Waals surface area contributed by atoms with Crippen LogP contribution in [0, 0.1) is 5.92 Å². The molecule has 6 nitrogen and oxygen atoms in total. The third-order valence-electron chi connectivity index (χ3n) is 3.43. The summed E-state index contributed by atoms with van der Waals surface area (Å²) in [5.74, 6) is -2.10. The van der Waals surface area contributed by atoms with E-state index in [-0.39, 0.29) is 5.92 Å². The van der Waals surface area contributed by atoms with Crippen molar-refractivity contribution >= 4 is 17.7 Å². The molecule has 1 aliphatic heterocycles. The molecule has 112 valence electrons. The molecule has 0 spiro atoms. The van der Waals surface area contributed by atoms with Gasteiger partial charge in [-0.3, -0.25) is 4.79 Å². The van der Waals surface area contributed by atoms with Crippen LogP contribution >= 0.6 is 0 Å². The number of benzene rings is 1. The lowest BCUT2D eigenvalue weighted by Gasteiger charge is -2.29. The monoisotopic (exact) mass is 291 g/mol. The van der Waals surface area contributed by atoms with Gasteiger partial charge in [0.25, 0.3) is 0 Å². The topological polar surface area (TPSA) is 72.9 Å². The van der Waals surface area contributed by atoms with E-state index in [1.807, 2.05) is 6.07 Å². The Morgan fingerprint density at radius 1 is 1.10 bits per heavy atom. The summed E-state index contributed by atoms with van der Waals surface area (Å²) in [6.45, 7) is 0.845. The Morgan fingerprint density at radius 3 is 2.29 bits per heavy atom. The van der Waals surface area contributed by atoms with E-state index in [1.165, 1.54) is 12.2 Å². The van der Waals surface area contributed by atoms with Gasteiger partial charge in [0.15, 0.2) is 0 Å². The highest BCUT2D eigenvalue weighted by Gasteiger charge is 2.31. The second-order valence-electron chi connectivity index (χ2n) is 4.80. The Hall–Kier alpha value is -2.21. The zero-order valence-electron chi connectivity index (χ0n) is 11.8. The minimum absolute atomic E-state index is 0.357. The van der Waals surface area contributed by atoms with E-state index < -0.39 is 17.7 Å². The van der Waals surface area contributed by atoms with Crippen molar-refractivity contribution < 1.29 is 24.0 Å². The van der Waals surface area contributed by atoms with Crippen molar-refractivity contribution in [3.8, 4) is 0 Å². The van der Waals surface area contributed by atoms with E-state index >= 15 is 0 Å². The standard InChI is InChI=1S/C15H17NO5/c1-20-15(19)13(17)11-7-9-16(10-8-11)21-14(18)12-5-3-2-4-6-12/h2-6,11H,7-10H2,1H3. The molecule has 1 fully saturated rings. The second kappa shape index (κ2) is 6.99. The van der Waals surface area contributed by atoms with E-state index in [0.717, 1.165) is 0 Å². The van der Waals surface area contributed by atoms with E-state index in [4.69, 9.17) is 4.84 Å². The van der Waals surface area contributed by atoms with E-state index in [2.05, 4.69) is 4.74 Å². The molecule has 0 bridgehead atoms. The van der Waals surface area contributed by atoms with Gasteiger partial charge in [0.2, 0.25) is 5.78 Å². The molecule has 0 radical (unpaired) electrons. The van der Waals surface area contributed by atoms with Crippen LogP contribution in [0.3, 0.4) is 0 Å². The van der Waals surface area contributed by atoms with Crippen molar-refractivity contribution in [2.45, 2.75) is 12.8 Å². The third kappa shape index (κ3) is 3.88. The lowest BCUT2D eigenvalue weighted by Crippen LogP contribution is -2.39. The molecule has 0 atom stereocenters. The van der Waals surface area contributed by atoms with Crippen molar-refractivity contribution in [1.29, 1.82) is 0 Å². The van der Waals surface area contributed by atoms with Gasteiger partial charge in [-0.15, -0.1) is 5.06 Å². The molecular formula is C15H17NO5. The molecule has 1 aliphatic rings. The summed E-state index contributed by atoms with van der Waals surface area (Å²) in [6, 6.07) is 8.70. The zero-order valence-corrected chi connectivity index (χ0v) is 11.8. The number of carbonyl (C=O) groups excluding carboxylic acids is 3. The number of hydrogen-bond donors (Lipinski definition) is 0. The zero-order chi connectivity index (χ0) is 15.2. The molecule has 0 saturated carbocycles. The Kier molecular flexibility index (Phi) is 5.05. The summed E-state index contributed by atoms with van der Waals surface area (Å²) in [7, 11) is 1.19. The molecule has 0 aliphatic carbocycles. The first kappa shape index (κ1) is 15.2. The largest absolute Gasteiger partial charge is 0.463 e. The van der Waals surface area contributed by atoms with Crippen LogP contribution < -0.4 is 0 Å². The SMILES string of the molecule is COC(=O)C(=O)C1CCN(OC(=O)c2ccccc2)CC1. The van der Waals surface area contributed by atoms with Gasteiger partial charge in [-0.2, -0.15) is 0 Å². The van der Waals surface area contributed by atoms with Crippen LogP contribution in [0.15, 0.2) is 30.3 Å². The number of ether oxygens (including phenoxy) is 1. The number of methoxy groups -OCH3 is 1. The maximum Gasteiger partial charge on any atom is 0.374 e. The predicted molar refractivity (Wildman–Crippen MR) is 73.2 cm³/mol. The number of carbonyl (C=O) groups is 3. The molecule has 2 rings (SSSR count). The minimum atomic E-state index is -0.810. The van der Waals surface area contributed by atoms with Crippen LogP contribution in [0.5, 0.6) is 0 Å². The van der Waals surface area contributed by atoms with Crippen molar-refractivity contribution in [1.82, 2.24) is 5.06 Å². The third-order valence-corrected chi connectivity index (χ3v) is 3.43. The van der Waals surface area contributed by atoms with Gasteiger partial charge in [-0.05, 0) is 25.0 Å². The van der Waals surface area contributed by atoms with Gasteiger partial charge in [-0.1, -0.05) is 18.2 Å². The fourth-order valence-electron chi connectivity index (χ4n) is 2.22. The minimum Gasteiger partial charge on any atom is -0.463 e. The average molecular weight is 291 g/mol. The molecule has 0 N–H and O–H groups in total. The Bertz CT molecular complexity index is 520. The summed E-state index contributed by atoms with van der Waals surface area (Å²) < 4.78 is 4.43. The first-order valence-corrected chi connectivity index (χ1v) is 6.76. The maximum atomic E-state index is 11.9. The lowest BCUT2D eigenvalue weighted by molar-refractivity contribution is -0.158. The summed E-state index contributed by atoms with van der Waals surface area (Å²) >= 11 is 0. The van der Waals surface area contributed by atoms with Crippen molar-refractivity contribution in [2.75, 3.05) is 20.2 Å². The first-order valence-electron chi connectivity index (χ1n) is 6.76. The normalized spacial score (nSPS) is 16.2. The number of hydrogen-bond acceptors (Lipinski definition) is 6. The van der Waals surface area contributed by atoms with Crippen LogP contribution in [-0.4, -0.2) is 43.0 Å². The van der Waals surface area contributed by atoms with Crippen molar-refractivity contribution in [3.63, 3.8) is 0 Å². The number of esters is 1. The van der Waals surface area contributed by atoms with Crippen LogP contribution in [0.25, 0.3) is 0 Å². The summed E-state index contributed by atoms with van der Waals surface area (Å²) in [5, 5.41) is 1.52. The fraction of sp³-hybridized carbons (Fsp3) is 0.400. The van der Waals surface area contributed by atoms with Crippen LogP contribution in [0.4, 0.5) is 0 Å². The number of hydroxylamine groups is 2. The predicted octanol–water partition coefficient (Wildman–Crippen LogP) is 1.21. The van der Waals surface area contributed by atoms with Gasteiger partial charge in [0, 0.05) is 19.0 Å². The molecule has 1 aromatic carbocycles. The number of rotatable bonds is 4. The second-order valence-corrected chi connectivity index (χ2v) is 4.80. The first-order chi connectivity index (χ1) is 10.1. The smallest absolute Gasteiger partial charge is 0.374 e. The molecular weight excluding hydrogens is 274 g/mol.